The van der Waals surface area contributed by atoms with Gasteiger partial charge in [0.05, 0.1) is 12.2 Å². The summed E-state index contributed by atoms with van der Waals surface area (Å²) in [6, 6.07) is 10.2. The lowest BCUT2D eigenvalue weighted by Gasteiger charge is -2.12. The number of aliphatic hydroxyl groups excluding tert-OH is 1. The van der Waals surface area contributed by atoms with E-state index in [1.165, 1.54) is 11.1 Å². The summed E-state index contributed by atoms with van der Waals surface area (Å²) in [5.74, 6) is 0.111. The number of benzene rings is 1. The number of allylic oxidation sites excluding steroid dienone is 4. The van der Waals surface area contributed by atoms with Crippen molar-refractivity contribution in [2.24, 2.45) is 0 Å². The van der Waals surface area contributed by atoms with Crippen molar-refractivity contribution in [1.29, 1.82) is 0 Å². The molecule has 0 saturated heterocycles. The molecule has 4 nitrogen and oxygen atoms in total. The molecule has 0 radical (unpaired) electrons. The van der Waals surface area contributed by atoms with Gasteiger partial charge in [-0.15, -0.1) is 0 Å². The molecule has 0 aromatic heterocycles. The standard InChI is InChI=1S/C27H38O4/c1-3-21(2)31-27(30)14-10-5-4-9-13-25-23(17-20-26(25)29)16-19-24(28)18-15-22-11-7-6-8-12-22/h4,6-9,11-12,21,24,28H,3,5,10,13-20H2,1-2H3/t21?,24-/m0/s1. The van der Waals surface area contributed by atoms with Crippen molar-refractivity contribution >= 4 is 11.8 Å². The van der Waals surface area contributed by atoms with Gasteiger partial charge in [-0.2, -0.15) is 0 Å². The van der Waals surface area contributed by atoms with E-state index >= 15 is 0 Å². The fraction of sp³-hybridized carbons (Fsp3) is 0.556. The molecule has 0 heterocycles. The van der Waals surface area contributed by atoms with Crippen molar-refractivity contribution in [3.63, 3.8) is 0 Å². The van der Waals surface area contributed by atoms with Crippen molar-refractivity contribution in [2.45, 2.75) is 96.7 Å². The molecule has 1 N–H and O–H groups in total. The first-order valence-corrected chi connectivity index (χ1v) is 11.8. The number of carbonyl (C=O) groups is 2. The summed E-state index contributed by atoms with van der Waals surface area (Å²) in [6.45, 7) is 3.91. The lowest BCUT2D eigenvalue weighted by Crippen LogP contribution is -2.13. The lowest BCUT2D eigenvalue weighted by molar-refractivity contribution is -0.148. The highest BCUT2D eigenvalue weighted by molar-refractivity contribution is 5.98. The van der Waals surface area contributed by atoms with Crippen molar-refractivity contribution in [3.8, 4) is 0 Å². The fourth-order valence-corrected chi connectivity index (χ4v) is 3.81. The highest BCUT2D eigenvalue weighted by atomic mass is 16.5. The third-order valence-electron chi connectivity index (χ3n) is 5.95. The minimum absolute atomic E-state index is 0.0152. The summed E-state index contributed by atoms with van der Waals surface area (Å²) in [4.78, 5) is 23.9. The third kappa shape index (κ3) is 9.65. The molecule has 1 unspecified atom stereocenters. The van der Waals surface area contributed by atoms with Gasteiger partial charge in [0, 0.05) is 12.8 Å². The average molecular weight is 427 g/mol. The number of aliphatic hydroxyl groups is 1. The van der Waals surface area contributed by atoms with E-state index in [0.717, 1.165) is 50.5 Å². The topological polar surface area (TPSA) is 63.6 Å². The number of carbonyl (C=O) groups excluding carboxylic acids is 2. The fourth-order valence-electron chi connectivity index (χ4n) is 3.81. The molecule has 0 aliphatic heterocycles. The number of esters is 1. The molecule has 1 aliphatic carbocycles. The third-order valence-corrected chi connectivity index (χ3v) is 5.95. The number of aryl methyl sites for hydroxylation is 1. The highest BCUT2D eigenvalue weighted by Gasteiger charge is 2.22. The predicted molar refractivity (Wildman–Crippen MR) is 125 cm³/mol. The van der Waals surface area contributed by atoms with Crippen molar-refractivity contribution in [3.05, 3.63) is 59.2 Å². The van der Waals surface area contributed by atoms with E-state index < -0.39 is 0 Å². The number of hydrogen-bond donors (Lipinski definition) is 1. The van der Waals surface area contributed by atoms with Crippen LogP contribution < -0.4 is 0 Å². The van der Waals surface area contributed by atoms with Gasteiger partial charge in [-0.05, 0) is 75.8 Å². The van der Waals surface area contributed by atoms with Crippen molar-refractivity contribution < 1.29 is 19.4 Å². The molecule has 1 aliphatic rings. The molecule has 1 aromatic rings. The molecule has 31 heavy (non-hydrogen) atoms. The van der Waals surface area contributed by atoms with Gasteiger partial charge in [0.1, 0.15) is 0 Å². The second-order valence-electron chi connectivity index (χ2n) is 8.50. The highest BCUT2D eigenvalue weighted by Crippen LogP contribution is 2.30. The average Bonchev–Trinajstić information content (AvgIpc) is 3.13. The maximum atomic E-state index is 12.3. The zero-order valence-corrected chi connectivity index (χ0v) is 19.1. The van der Waals surface area contributed by atoms with Crippen LogP contribution >= 0.6 is 0 Å². The Morgan fingerprint density at radius 2 is 1.87 bits per heavy atom. The van der Waals surface area contributed by atoms with Crippen LogP contribution in [0, 0.1) is 0 Å². The summed E-state index contributed by atoms with van der Waals surface area (Å²) >= 11 is 0. The van der Waals surface area contributed by atoms with Crippen LogP contribution in [0.5, 0.6) is 0 Å². The number of rotatable bonds is 14. The summed E-state index contributed by atoms with van der Waals surface area (Å²) in [5, 5.41) is 10.4. The van der Waals surface area contributed by atoms with Crippen LogP contribution in [-0.2, 0) is 20.7 Å². The van der Waals surface area contributed by atoms with Crippen LogP contribution in [0.1, 0.15) is 83.6 Å². The van der Waals surface area contributed by atoms with E-state index in [-0.39, 0.29) is 24.0 Å². The number of ether oxygens (including phenoxy) is 1. The van der Waals surface area contributed by atoms with Gasteiger partial charge in [-0.3, -0.25) is 9.59 Å². The van der Waals surface area contributed by atoms with Crippen molar-refractivity contribution in [2.75, 3.05) is 0 Å². The minimum Gasteiger partial charge on any atom is -0.463 e. The predicted octanol–water partition coefficient (Wildman–Crippen LogP) is 5.88. The number of hydrogen-bond acceptors (Lipinski definition) is 4. The van der Waals surface area contributed by atoms with Crippen LogP contribution in [0.2, 0.25) is 0 Å². The summed E-state index contributed by atoms with van der Waals surface area (Å²) in [6.07, 6.45) is 11.8. The van der Waals surface area contributed by atoms with E-state index in [2.05, 4.69) is 18.2 Å². The molecule has 2 atom stereocenters. The van der Waals surface area contributed by atoms with Crippen LogP contribution in [0.15, 0.2) is 53.6 Å². The molecule has 0 bridgehead atoms. The van der Waals surface area contributed by atoms with Gasteiger partial charge in [0.25, 0.3) is 0 Å². The number of unbranched alkanes of at least 4 members (excludes halogenated alkanes) is 1. The monoisotopic (exact) mass is 426 g/mol. The maximum Gasteiger partial charge on any atom is 0.306 e. The summed E-state index contributed by atoms with van der Waals surface area (Å²) < 4.78 is 5.27. The van der Waals surface area contributed by atoms with Crippen LogP contribution in [0.25, 0.3) is 0 Å². The molecule has 0 amide bonds. The quantitative estimate of drug-likeness (QED) is 0.229. The van der Waals surface area contributed by atoms with Gasteiger partial charge < -0.3 is 9.84 Å². The van der Waals surface area contributed by atoms with Crippen LogP contribution in [0.4, 0.5) is 0 Å². The lowest BCUT2D eigenvalue weighted by atomic mass is 9.98. The second-order valence-corrected chi connectivity index (χ2v) is 8.50. The van der Waals surface area contributed by atoms with E-state index in [0.29, 0.717) is 25.7 Å². The van der Waals surface area contributed by atoms with Crippen molar-refractivity contribution in [1.82, 2.24) is 0 Å². The van der Waals surface area contributed by atoms with Gasteiger partial charge in [0.15, 0.2) is 5.78 Å². The summed E-state index contributed by atoms with van der Waals surface area (Å²) in [5.41, 5.74) is 3.39. The normalized spacial score (nSPS) is 16.2. The smallest absolute Gasteiger partial charge is 0.306 e. The number of Topliss-reactive ketones (excluding diaryl/α,β-unsaturated/α-hetero) is 1. The van der Waals surface area contributed by atoms with Crippen LogP contribution in [-0.4, -0.2) is 29.1 Å². The van der Waals surface area contributed by atoms with Gasteiger partial charge in [-0.25, -0.2) is 0 Å². The molecule has 0 saturated carbocycles. The zero-order chi connectivity index (χ0) is 22.5. The molecular weight excluding hydrogens is 388 g/mol. The molecule has 2 rings (SSSR count). The first-order chi connectivity index (χ1) is 15.0. The van der Waals surface area contributed by atoms with Gasteiger partial charge in [0.2, 0.25) is 0 Å². The first-order valence-electron chi connectivity index (χ1n) is 11.8. The number of ketones is 1. The Balaban J connectivity index is 1.70. The zero-order valence-electron chi connectivity index (χ0n) is 19.1. The SMILES string of the molecule is CCC(C)OC(=O)CCCC=CCC1=C(CC[C@@H](O)CCc2ccccc2)CCC1=O. The first kappa shape index (κ1) is 25.1. The summed E-state index contributed by atoms with van der Waals surface area (Å²) in [7, 11) is 0. The van der Waals surface area contributed by atoms with E-state index in [4.69, 9.17) is 4.74 Å². The minimum atomic E-state index is -0.338. The second kappa shape index (κ2) is 14.0. The Labute approximate surface area is 187 Å². The Hall–Kier alpha value is -2.20. The maximum absolute atomic E-state index is 12.3. The largest absolute Gasteiger partial charge is 0.463 e. The molecule has 4 heteroatoms. The van der Waals surface area contributed by atoms with Gasteiger partial charge >= 0.3 is 5.97 Å². The Morgan fingerprint density at radius 3 is 2.61 bits per heavy atom. The van der Waals surface area contributed by atoms with E-state index in [1.807, 2.05) is 38.1 Å². The Bertz CT molecular complexity index is 748. The van der Waals surface area contributed by atoms with E-state index in [9.17, 15) is 14.7 Å². The van der Waals surface area contributed by atoms with Crippen LogP contribution in [0.3, 0.4) is 0 Å². The Morgan fingerprint density at radius 1 is 1.13 bits per heavy atom. The Kier molecular flexibility index (Phi) is 11.3. The molecule has 0 spiro atoms. The molecular formula is C27H38O4. The van der Waals surface area contributed by atoms with E-state index in [1.54, 1.807) is 0 Å². The molecule has 170 valence electrons. The van der Waals surface area contributed by atoms with Gasteiger partial charge in [-0.1, -0.05) is 55.0 Å². The molecule has 1 aromatic carbocycles. The molecule has 0 fully saturated rings.